The molecule has 1 aliphatic rings. The number of hydrogen-bond acceptors (Lipinski definition) is 7. The van der Waals surface area contributed by atoms with Gasteiger partial charge in [-0.1, -0.05) is 35.5 Å². The van der Waals surface area contributed by atoms with Crippen molar-refractivity contribution in [1.29, 1.82) is 0 Å². The summed E-state index contributed by atoms with van der Waals surface area (Å²) in [5.41, 5.74) is -0.534. The van der Waals surface area contributed by atoms with Crippen molar-refractivity contribution in [3.63, 3.8) is 0 Å². The van der Waals surface area contributed by atoms with Crippen molar-refractivity contribution in [2.45, 2.75) is 50.9 Å². The molecule has 0 bridgehead atoms. The summed E-state index contributed by atoms with van der Waals surface area (Å²) in [5, 5.41) is 6.81. The second-order valence-corrected chi connectivity index (χ2v) is 7.65. The molecule has 8 nitrogen and oxygen atoms in total. The SMILES string of the molecule is COCC(NC(=O)OC(C)(C)C)C1=NOC(Cc2ccccc2)(C(=O)OC)C1. The van der Waals surface area contributed by atoms with Crippen LogP contribution in [0, 0.1) is 0 Å². The summed E-state index contributed by atoms with van der Waals surface area (Å²) in [6, 6.07) is 8.87. The van der Waals surface area contributed by atoms with Gasteiger partial charge in [-0.25, -0.2) is 9.59 Å². The Bertz CT molecular complexity index is 713. The first-order valence-electron chi connectivity index (χ1n) is 9.05. The lowest BCUT2D eigenvalue weighted by atomic mass is 9.88. The fourth-order valence-electron chi connectivity index (χ4n) is 2.92. The minimum atomic E-state index is -1.28. The third-order valence-electron chi connectivity index (χ3n) is 4.12. The van der Waals surface area contributed by atoms with E-state index in [1.165, 1.54) is 14.2 Å². The van der Waals surface area contributed by atoms with Crippen molar-refractivity contribution in [3.8, 4) is 0 Å². The predicted molar refractivity (Wildman–Crippen MR) is 103 cm³/mol. The number of esters is 1. The maximum atomic E-state index is 12.5. The van der Waals surface area contributed by atoms with Crippen LogP contribution >= 0.6 is 0 Å². The van der Waals surface area contributed by atoms with E-state index in [0.717, 1.165) is 5.56 Å². The van der Waals surface area contributed by atoms with Crippen molar-refractivity contribution < 1.29 is 28.6 Å². The summed E-state index contributed by atoms with van der Waals surface area (Å²) in [7, 11) is 2.82. The number of ether oxygens (including phenoxy) is 3. The smallest absolute Gasteiger partial charge is 0.408 e. The maximum Gasteiger partial charge on any atom is 0.408 e. The molecule has 154 valence electrons. The Labute approximate surface area is 165 Å². The number of hydrogen-bond donors (Lipinski definition) is 1. The van der Waals surface area contributed by atoms with E-state index in [1.54, 1.807) is 20.8 Å². The Morgan fingerprint density at radius 2 is 1.93 bits per heavy atom. The molecule has 8 heteroatoms. The lowest BCUT2D eigenvalue weighted by Crippen LogP contribution is -2.48. The van der Waals surface area contributed by atoms with Gasteiger partial charge in [0.1, 0.15) is 5.60 Å². The zero-order valence-corrected chi connectivity index (χ0v) is 17.0. The number of nitrogens with one attached hydrogen (secondary N) is 1. The fourth-order valence-corrected chi connectivity index (χ4v) is 2.92. The number of oxime groups is 1. The number of carbonyl (C=O) groups is 2. The average Bonchev–Trinajstić information content (AvgIpc) is 3.05. The van der Waals surface area contributed by atoms with Gasteiger partial charge < -0.3 is 24.4 Å². The number of rotatable bonds is 7. The van der Waals surface area contributed by atoms with Gasteiger partial charge in [-0.05, 0) is 26.3 Å². The fraction of sp³-hybridized carbons (Fsp3) is 0.550. The third kappa shape index (κ3) is 5.69. The zero-order chi connectivity index (χ0) is 20.8. The van der Waals surface area contributed by atoms with Crippen LogP contribution in [0.5, 0.6) is 0 Å². The molecule has 0 spiro atoms. The minimum Gasteiger partial charge on any atom is -0.466 e. The molecular formula is C20H28N2O6. The Balaban J connectivity index is 2.16. The van der Waals surface area contributed by atoms with Gasteiger partial charge >= 0.3 is 12.1 Å². The lowest BCUT2D eigenvalue weighted by Gasteiger charge is -2.25. The molecule has 0 aliphatic carbocycles. The van der Waals surface area contributed by atoms with Crippen molar-refractivity contribution in [3.05, 3.63) is 35.9 Å². The molecule has 0 saturated carbocycles. The molecule has 1 aliphatic heterocycles. The number of amides is 1. The Kier molecular flexibility index (Phi) is 7.01. The van der Waals surface area contributed by atoms with Gasteiger partial charge in [-0.15, -0.1) is 0 Å². The van der Waals surface area contributed by atoms with Crippen molar-refractivity contribution in [2.24, 2.45) is 5.16 Å². The first kappa shape index (κ1) is 21.7. The van der Waals surface area contributed by atoms with Crippen LogP contribution in [0.3, 0.4) is 0 Å². The van der Waals surface area contributed by atoms with Gasteiger partial charge in [0.15, 0.2) is 0 Å². The summed E-state index contributed by atoms with van der Waals surface area (Å²) >= 11 is 0. The van der Waals surface area contributed by atoms with E-state index in [4.69, 9.17) is 19.0 Å². The molecule has 1 heterocycles. The van der Waals surface area contributed by atoms with E-state index in [-0.39, 0.29) is 13.0 Å². The van der Waals surface area contributed by atoms with Crippen LogP contribution < -0.4 is 5.32 Å². The molecule has 28 heavy (non-hydrogen) atoms. The van der Waals surface area contributed by atoms with Crippen LogP contribution in [0.2, 0.25) is 0 Å². The quantitative estimate of drug-likeness (QED) is 0.716. The molecule has 1 amide bonds. The van der Waals surface area contributed by atoms with Gasteiger partial charge in [-0.3, -0.25) is 0 Å². The van der Waals surface area contributed by atoms with Crippen LogP contribution in [0.15, 0.2) is 35.5 Å². The lowest BCUT2D eigenvalue weighted by molar-refractivity contribution is -0.166. The Hall–Kier alpha value is -2.61. The third-order valence-corrected chi connectivity index (χ3v) is 4.12. The molecule has 0 saturated heterocycles. The first-order chi connectivity index (χ1) is 13.2. The first-order valence-corrected chi connectivity index (χ1v) is 9.05. The van der Waals surface area contributed by atoms with Crippen LogP contribution in [-0.4, -0.2) is 55.8 Å². The van der Waals surface area contributed by atoms with Crippen molar-refractivity contribution >= 4 is 17.8 Å². The van der Waals surface area contributed by atoms with E-state index in [0.29, 0.717) is 12.1 Å². The molecule has 1 N–H and O–H groups in total. The van der Waals surface area contributed by atoms with E-state index < -0.39 is 29.3 Å². The van der Waals surface area contributed by atoms with Crippen molar-refractivity contribution in [2.75, 3.05) is 20.8 Å². The van der Waals surface area contributed by atoms with Crippen LogP contribution in [0.4, 0.5) is 4.79 Å². The summed E-state index contributed by atoms with van der Waals surface area (Å²) in [6.07, 6.45) is -0.145. The molecule has 1 aromatic carbocycles. The summed E-state index contributed by atoms with van der Waals surface area (Å²) in [5.74, 6) is -0.525. The molecule has 2 atom stereocenters. The Morgan fingerprint density at radius 1 is 1.25 bits per heavy atom. The van der Waals surface area contributed by atoms with Gasteiger partial charge in [0.25, 0.3) is 0 Å². The zero-order valence-electron chi connectivity index (χ0n) is 17.0. The number of alkyl carbamates (subject to hydrolysis) is 1. The van der Waals surface area contributed by atoms with Crippen molar-refractivity contribution in [1.82, 2.24) is 5.32 Å². The van der Waals surface area contributed by atoms with Crippen LogP contribution in [-0.2, 0) is 30.3 Å². The topological polar surface area (TPSA) is 95.5 Å². The van der Waals surface area contributed by atoms with Gasteiger partial charge in [0.2, 0.25) is 5.60 Å². The van der Waals surface area contributed by atoms with E-state index in [1.807, 2.05) is 30.3 Å². The predicted octanol–water partition coefficient (Wildman–Crippen LogP) is 2.46. The molecule has 0 aromatic heterocycles. The standard InChI is InChI=1S/C20H28N2O6/c1-19(2,3)27-18(24)21-16(13-25-4)15-12-20(28-22-15,17(23)26-5)11-14-9-7-6-8-10-14/h6-10,16H,11-13H2,1-5H3,(H,21,24). The number of carbonyl (C=O) groups excluding carboxylic acids is 2. The van der Waals surface area contributed by atoms with E-state index >= 15 is 0 Å². The number of methoxy groups -OCH3 is 2. The molecule has 2 rings (SSSR count). The summed E-state index contributed by atoms with van der Waals surface area (Å²) < 4.78 is 15.5. The van der Waals surface area contributed by atoms with Crippen LogP contribution in [0.1, 0.15) is 32.8 Å². The summed E-state index contributed by atoms with van der Waals surface area (Å²) in [4.78, 5) is 30.3. The van der Waals surface area contributed by atoms with Gasteiger partial charge in [0, 0.05) is 20.0 Å². The summed E-state index contributed by atoms with van der Waals surface area (Å²) in [6.45, 7) is 5.48. The second-order valence-electron chi connectivity index (χ2n) is 7.65. The molecule has 1 aromatic rings. The molecule has 2 unspecified atom stereocenters. The van der Waals surface area contributed by atoms with Gasteiger partial charge in [-0.2, -0.15) is 0 Å². The molecular weight excluding hydrogens is 364 g/mol. The van der Waals surface area contributed by atoms with E-state index in [2.05, 4.69) is 10.5 Å². The second kappa shape index (κ2) is 9.05. The van der Waals surface area contributed by atoms with Crippen LogP contribution in [0.25, 0.3) is 0 Å². The molecule has 0 radical (unpaired) electrons. The average molecular weight is 392 g/mol. The minimum absolute atomic E-state index is 0.157. The number of nitrogens with zero attached hydrogens (tertiary/aromatic N) is 1. The maximum absolute atomic E-state index is 12.5. The Morgan fingerprint density at radius 3 is 2.50 bits per heavy atom. The highest BCUT2D eigenvalue weighted by atomic mass is 16.7. The monoisotopic (exact) mass is 392 g/mol. The normalized spacial score (nSPS) is 20.0. The highest BCUT2D eigenvalue weighted by Gasteiger charge is 2.49. The molecule has 0 fully saturated rings. The highest BCUT2D eigenvalue weighted by molar-refractivity contribution is 5.98. The highest BCUT2D eigenvalue weighted by Crippen LogP contribution is 2.31. The largest absolute Gasteiger partial charge is 0.466 e. The number of benzene rings is 1. The van der Waals surface area contributed by atoms with E-state index in [9.17, 15) is 9.59 Å². The van der Waals surface area contributed by atoms with Gasteiger partial charge in [0.05, 0.1) is 25.5 Å².